The molecule has 0 saturated carbocycles. The zero-order valence-corrected chi connectivity index (χ0v) is 16.7. The largest absolute Gasteiger partial charge is 0.353 e. The molecule has 3 heterocycles. The second-order valence-electron chi connectivity index (χ2n) is 7.16. The van der Waals surface area contributed by atoms with Gasteiger partial charge in [0.05, 0.1) is 11.3 Å². The highest BCUT2D eigenvalue weighted by Gasteiger charge is 2.25. The van der Waals surface area contributed by atoms with Crippen LogP contribution in [0, 0.1) is 0 Å². The maximum Gasteiger partial charge on any atom is 0.256 e. The van der Waals surface area contributed by atoms with Crippen LogP contribution in [0.15, 0.2) is 73.2 Å². The van der Waals surface area contributed by atoms with Crippen LogP contribution in [0.2, 0.25) is 0 Å². The first-order valence-corrected chi connectivity index (χ1v) is 10.0. The van der Waals surface area contributed by atoms with Crippen LogP contribution in [0.4, 0.5) is 5.82 Å². The molecule has 0 atom stereocenters. The fraction of sp³-hybridized carbons (Fsp3) is 0.182. The van der Waals surface area contributed by atoms with Crippen molar-refractivity contribution >= 4 is 11.7 Å². The average Bonchev–Trinajstić information content (AvgIpc) is 3.39. The highest BCUT2D eigenvalue weighted by atomic mass is 16.2. The fourth-order valence-electron chi connectivity index (χ4n) is 3.69. The van der Waals surface area contributed by atoms with Gasteiger partial charge in [-0.25, -0.2) is 9.97 Å². The number of anilines is 1. The highest BCUT2D eigenvalue weighted by Crippen LogP contribution is 2.21. The van der Waals surface area contributed by atoms with Crippen LogP contribution in [-0.2, 0) is 0 Å². The first kappa shape index (κ1) is 18.9. The van der Waals surface area contributed by atoms with Gasteiger partial charge in [0.15, 0.2) is 5.82 Å². The monoisotopic (exact) mass is 412 g/mol. The molecule has 1 amide bonds. The summed E-state index contributed by atoms with van der Waals surface area (Å²) in [6.45, 7) is 2.61. The summed E-state index contributed by atoms with van der Waals surface area (Å²) in [7, 11) is 0. The Labute approximate surface area is 179 Å². The minimum absolute atomic E-state index is 0.0292. The standard InChI is InChI=1S/C22H20N8O/c31-22(18-8-4-5-9-19(18)30-16-24-26-27-30)29-14-12-28(13-15-29)20-10-11-23-21(25-20)17-6-2-1-3-7-17/h1-11,16H,12-15H2. The summed E-state index contributed by atoms with van der Waals surface area (Å²) in [5, 5.41) is 11.3. The van der Waals surface area contributed by atoms with Crippen molar-refractivity contribution in [3.8, 4) is 17.1 Å². The van der Waals surface area contributed by atoms with Gasteiger partial charge in [0.2, 0.25) is 0 Å². The van der Waals surface area contributed by atoms with Crippen LogP contribution >= 0.6 is 0 Å². The van der Waals surface area contributed by atoms with E-state index in [4.69, 9.17) is 4.98 Å². The summed E-state index contributed by atoms with van der Waals surface area (Å²) >= 11 is 0. The number of aromatic nitrogens is 6. The Bertz CT molecular complexity index is 1170. The third kappa shape index (κ3) is 3.85. The third-order valence-electron chi connectivity index (χ3n) is 5.29. The molecule has 9 heteroatoms. The molecule has 1 aliphatic heterocycles. The molecule has 0 N–H and O–H groups in total. The molecule has 2 aromatic heterocycles. The minimum atomic E-state index is -0.0292. The lowest BCUT2D eigenvalue weighted by Crippen LogP contribution is -2.49. The van der Waals surface area contributed by atoms with Crippen molar-refractivity contribution in [3.63, 3.8) is 0 Å². The lowest BCUT2D eigenvalue weighted by molar-refractivity contribution is 0.0746. The Balaban J connectivity index is 1.30. The summed E-state index contributed by atoms with van der Waals surface area (Å²) in [4.78, 5) is 26.4. The number of hydrogen-bond donors (Lipinski definition) is 0. The molecule has 9 nitrogen and oxygen atoms in total. The molecule has 0 unspecified atom stereocenters. The lowest BCUT2D eigenvalue weighted by atomic mass is 10.1. The highest BCUT2D eigenvalue weighted by molar-refractivity contribution is 5.97. The molecule has 1 saturated heterocycles. The molecule has 154 valence electrons. The van der Waals surface area contributed by atoms with Gasteiger partial charge in [0.1, 0.15) is 12.1 Å². The van der Waals surface area contributed by atoms with E-state index >= 15 is 0 Å². The minimum Gasteiger partial charge on any atom is -0.353 e. The zero-order valence-electron chi connectivity index (χ0n) is 16.7. The number of carbonyl (C=O) groups is 1. The molecule has 0 spiro atoms. The Morgan fingerprint density at radius 1 is 0.871 bits per heavy atom. The molecule has 0 bridgehead atoms. The molecular formula is C22H20N8O. The summed E-state index contributed by atoms with van der Waals surface area (Å²) in [5.74, 6) is 1.54. The van der Waals surface area contributed by atoms with Gasteiger partial charge in [-0.15, -0.1) is 5.10 Å². The van der Waals surface area contributed by atoms with Crippen molar-refractivity contribution in [2.75, 3.05) is 31.1 Å². The Hall–Kier alpha value is -4.14. The number of hydrogen-bond acceptors (Lipinski definition) is 7. The summed E-state index contributed by atoms with van der Waals surface area (Å²) < 4.78 is 1.51. The van der Waals surface area contributed by atoms with Gasteiger partial charge in [-0.05, 0) is 28.6 Å². The quantitative estimate of drug-likeness (QED) is 0.507. The first-order chi connectivity index (χ1) is 15.3. The number of carbonyl (C=O) groups excluding carboxylic acids is 1. The van der Waals surface area contributed by atoms with Crippen molar-refractivity contribution < 1.29 is 4.79 Å². The smallest absolute Gasteiger partial charge is 0.256 e. The van der Waals surface area contributed by atoms with E-state index < -0.39 is 0 Å². The van der Waals surface area contributed by atoms with E-state index in [0.717, 1.165) is 11.4 Å². The number of para-hydroxylation sites is 1. The van der Waals surface area contributed by atoms with Gasteiger partial charge in [0, 0.05) is 37.9 Å². The summed E-state index contributed by atoms with van der Waals surface area (Å²) in [6, 6.07) is 19.2. The van der Waals surface area contributed by atoms with E-state index in [1.54, 1.807) is 6.20 Å². The Morgan fingerprint density at radius 3 is 2.42 bits per heavy atom. The molecule has 5 rings (SSSR count). The lowest BCUT2D eigenvalue weighted by Gasteiger charge is -2.35. The molecule has 4 aromatic rings. The van der Waals surface area contributed by atoms with Gasteiger partial charge in [-0.1, -0.05) is 42.5 Å². The number of amides is 1. The van der Waals surface area contributed by atoms with Crippen molar-refractivity contribution in [2.24, 2.45) is 0 Å². The molecule has 1 aliphatic rings. The Kier molecular flexibility index (Phi) is 5.05. The van der Waals surface area contributed by atoms with Crippen molar-refractivity contribution in [2.45, 2.75) is 0 Å². The van der Waals surface area contributed by atoms with Crippen LogP contribution < -0.4 is 4.90 Å². The second-order valence-corrected chi connectivity index (χ2v) is 7.16. The maximum absolute atomic E-state index is 13.2. The zero-order chi connectivity index (χ0) is 21.0. The van der Waals surface area contributed by atoms with Gasteiger partial charge in [-0.3, -0.25) is 4.79 Å². The van der Waals surface area contributed by atoms with Crippen LogP contribution in [-0.4, -0.2) is 67.2 Å². The Morgan fingerprint density at radius 2 is 1.65 bits per heavy atom. The van der Waals surface area contributed by atoms with Crippen LogP contribution in [0.25, 0.3) is 17.1 Å². The first-order valence-electron chi connectivity index (χ1n) is 10.0. The average molecular weight is 412 g/mol. The second kappa shape index (κ2) is 8.31. The van der Waals surface area contributed by atoms with E-state index in [0.29, 0.717) is 43.3 Å². The number of nitrogens with zero attached hydrogens (tertiary/aromatic N) is 8. The summed E-state index contributed by atoms with van der Waals surface area (Å²) in [6.07, 6.45) is 3.27. The SMILES string of the molecule is O=C(c1ccccc1-n1cnnn1)N1CCN(c2ccnc(-c3ccccc3)n2)CC1. The fourth-order valence-corrected chi connectivity index (χ4v) is 3.69. The molecule has 0 radical (unpaired) electrons. The van der Waals surface area contributed by atoms with Crippen molar-refractivity contribution in [3.05, 3.63) is 78.8 Å². The van der Waals surface area contributed by atoms with Crippen LogP contribution in [0.1, 0.15) is 10.4 Å². The molecule has 31 heavy (non-hydrogen) atoms. The number of piperazine rings is 1. The van der Waals surface area contributed by atoms with Crippen molar-refractivity contribution in [1.29, 1.82) is 0 Å². The topological polar surface area (TPSA) is 92.9 Å². The van der Waals surface area contributed by atoms with E-state index in [1.165, 1.54) is 11.0 Å². The van der Waals surface area contributed by atoms with Gasteiger partial charge >= 0.3 is 0 Å². The third-order valence-corrected chi connectivity index (χ3v) is 5.29. The van der Waals surface area contributed by atoms with Crippen molar-refractivity contribution in [1.82, 2.24) is 35.1 Å². The van der Waals surface area contributed by atoms with Gasteiger partial charge in [0.25, 0.3) is 5.91 Å². The molecule has 0 aliphatic carbocycles. The van der Waals surface area contributed by atoms with E-state index in [-0.39, 0.29) is 5.91 Å². The van der Waals surface area contributed by atoms with Crippen LogP contribution in [0.3, 0.4) is 0 Å². The predicted molar refractivity (Wildman–Crippen MR) is 115 cm³/mol. The van der Waals surface area contributed by atoms with E-state index in [1.807, 2.05) is 65.6 Å². The number of rotatable bonds is 4. The molecule has 2 aromatic carbocycles. The predicted octanol–water partition coefficient (Wildman–Crippen LogP) is 2.08. The van der Waals surface area contributed by atoms with Gasteiger partial charge in [-0.2, -0.15) is 4.68 Å². The van der Waals surface area contributed by atoms with E-state index in [9.17, 15) is 4.79 Å². The van der Waals surface area contributed by atoms with E-state index in [2.05, 4.69) is 25.4 Å². The summed E-state index contributed by atoms with van der Waals surface area (Å²) in [5.41, 5.74) is 2.23. The number of tetrazole rings is 1. The van der Waals surface area contributed by atoms with Gasteiger partial charge < -0.3 is 9.80 Å². The normalized spacial score (nSPS) is 13.9. The number of benzene rings is 2. The maximum atomic E-state index is 13.2. The molecule has 1 fully saturated rings. The van der Waals surface area contributed by atoms with Crippen LogP contribution in [0.5, 0.6) is 0 Å². The molecular weight excluding hydrogens is 392 g/mol.